The molecule has 1 aliphatic carbocycles. The molecule has 0 atom stereocenters. The number of methoxy groups -OCH3 is 1. The van der Waals surface area contributed by atoms with Crippen molar-refractivity contribution in [2.75, 3.05) is 7.11 Å². The van der Waals surface area contributed by atoms with Gasteiger partial charge in [0.1, 0.15) is 0 Å². The van der Waals surface area contributed by atoms with Crippen LogP contribution in [0.4, 0.5) is 0 Å². The average molecular weight is 261 g/mol. The standard InChI is InChI=1S/C12H15N5O2/c1-19-12(18)10-8-17(15-13-10)11-6-7-16(14-11)9-4-2-3-5-9/h6-9H,2-5H2,1H3. The van der Waals surface area contributed by atoms with Crippen LogP contribution >= 0.6 is 0 Å². The molecule has 2 aromatic rings. The zero-order valence-corrected chi connectivity index (χ0v) is 10.7. The molecule has 1 fully saturated rings. The van der Waals surface area contributed by atoms with Crippen molar-refractivity contribution in [3.8, 4) is 5.82 Å². The first-order valence-electron chi connectivity index (χ1n) is 6.34. The number of ether oxygens (including phenoxy) is 1. The van der Waals surface area contributed by atoms with Crippen molar-refractivity contribution < 1.29 is 9.53 Å². The van der Waals surface area contributed by atoms with E-state index in [9.17, 15) is 4.79 Å². The molecule has 0 bridgehead atoms. The number of carbonyl (C=O) groups excluding carboxylic acids is 1. The molecule has 7 heteroatoms. The highest BCUT2D eigenvalue weighted by atomic mass is 16.5. The summed E-state index contributed by atoms with van der Waals surface area (Å²) in [6.07, 6.45) is 8.33. The third-order valence-electron chi connectivity index (χ3n) is 3.42. The number of esters is 1. The van der Waals surface area contributed by atoms with Crippen molar-refractivity contribution in [1.82, 2.24) is 24.8 Å². The quantitative estimate of drug-likeness (QED) is 0.780. The number of nitrogens with zero attached hydrogens (tertiary/aromatic N) is 5. The molecule has 1 saturated carbocycles. The first-order chi connectivity index (χ1) is 9.28. The smallest absolute Gasteiger partial charge is 0.360 e. The molecule has 0 amide bonds. The molecule has 100 valence electrons. The highest BCUT2D eigenvalue weighted by Crippen LogP contribution is 2.28. The Morgan fingerprint density at radius 2 is 2.21 bits per heavy atom. The van der Waals surface area contributed by atoms with Crippen LogP contribution in [-0.4, -0.2) is 37.9 Å². The summed E-state index contributed by atoms with van der Waals surface area (Å²) in [5.41, 5.74) is 0.179. The zero-order chi connectivity index (χ0) is 13.2. The molecule has 0 unspecified atom stereocenters. The highest BCUT2D eigenvalue weighted by Gasteiger charge is 2.18. The minimum absolute atomic E-state index is 0.179. The van der Waals surface area contributed by atoms with E-state index in [4.69, 9.17) is 0 Å². The molecule has 0 radical (unpaired) electrons. The van der Waals surface area contributed by atoms with Gasteiger partial charge in [0.2, 0.25) is 0 Å². The fourth-order valence-electron chi connectivity index (χ4n) is 2.40. The topological polar surface area (TPSA) is 74.8 Å². The summed E-state index contributed by atoms with van der Waals surface area (Å²) in [6, 6.07) is 2.35. The SMILES string of the molecule is COC(=O)c1cn(-c2ccn(C3CCCC3)n2)nn1. The van der Waals surface area contributed by atoms with Crippen LogP contribution in [0.25, 0.3) is 5.82 Å². The van der Waals surface area contributed by atoms with Crippen molar-refractivity contribution in [3.63, 3.8) is 0 Å². The maximum atomic E-state index is 11.3. The Morgan fingerprint density at radius 3 is 2.95 bits per heavy atom. The molecule has 0 spiro atoms. The highest BCUT2D eigenvalue weighted by molar-refractivity contribution is 5.86. The second kappa shape index (κ2) is 4.83. The van der Waals surface area contributed by atoms with Crippen LogP contribution in [0.2, 0.25) is 0 Å². The number of hydrogen-bond donors (Lipinski definition) is 0. The summed E-state index contributed by atoms with van der Waals surface area (Å²) in [5, 5.41) is 12.1. The molecular weight excluding hydrogens is 246 g/mol. The summed E-state index contributed by atoms with van der Waals surface area (Å²) in [6.45, 7) is 0. The van der Waals surface area contributed by atoms with E-state index in [0.29, 0.717) is 11.9 Å². The summed E-state index contributed by atoms with van der Waals surface area (Å²) in [5.74, 6) is 0.163. The lowest BCUT2D eigenvalue weighted by Gasteiger charge is -2.08. The second-order valence-corrected chi connectivity index (χ2v) is 4.63. The van der Waals surface area contributed by atoms with Gasteiger partial charge in [-0.25, -0.2) is 4.79 Å². The minimum atomic E-state index is -0.499. The van der Waals surface area contributed by atoms with E-state index in [1.54, 1.807) is 0 Å². The summed E-state index contributed by atoms with van der Waals surface area (Å²) in [4.78, 5) is 11.3. The predicted molar refractivity (Wildman–Crippen MR) is 66.0 cm³/mol. The predicted octanol–water partition coefficient (Wildman–Crippen LogP) is 1.37. The number of carbonyl (C=O) groups is 1. The van der Waals surface area contributed by atoms with Gasteiger partial charge in [-0.2, -0.15) is 9.78 Å². The summed E-state index contributed by atoms with van der Waals surface area (Å²) in [7, 11) is 1.32. The van der Waals surface area contributed by atoms with Gasteiger partial charge < -0.3 is 4.74 Å². The average Bonchev–Trinajstić information content (AvgIpc) is 3.14. The van der Waals surface area contributed by atoms with Gasteiger partial charge in [-0.15, -0.1) is 5.10 Å². The molecule has 7 nitrogen and oxygen atoms in total. The van der Waals surface area contributed by atoms with Crippen LogP contribution in [-0.2, 0) is 4.74 Å². The second-order valence-electron chi connectivity index (χ2n) is 4.63. The lowest BCUT2D eigenvalue weighted by Crippen LogP contribution is -2.06. The molecule has 0 aliphatic heterocycles. The molecule has 19 heavy (non-hydrogen) atoms. The summed E-state index contributed by atoms with van der Waals surface area (Å²) < 4.78 is 8.05. The van der Waals surface area contributed by atoms with E-state index < -0.39 is 5.97 Å². The molecule has 0 saturated heterocycles. The van der Waals surface area contributed by atoms with Crippen molar-refractivity contribution in [2.45, 2.75) is 31.7 Å². The van der Waals surface area contributed by atoms with Crippen LogP contribution in [0.5, 0.6) is 0 Å². The van der Waals surface area contributed by atoms with Crippen LogP contribution < -0.4 is 0 Å². The van der Waals surface area contributed by atoms with Crippen molar-refractivity contribution in [2.24, 2.45) is 0 Å². The van der Waals surface area contributed by atoms with E-state index in [1.807, 2.05) is 16.9 Å². The zero-order valence-electron chi connectivity index (χ0n) is 10.7. The van der Waals surface area contributed by atoms with E-state index >= 15 is 0 Å². The Bertz CT molecular complexity index is 582. The third kappa shape index (κ3) is 2.23. The normalized spacial score (nSPS) is 15.8. The molecule has 2 heterocycles. The lowest BCUT2D eigenvalue weighted by molar-refractivity contribution is 0.0594. The summed E-state index contributed by atoms with van der Waals surface area (Å²) >= 11 is 0. The monoisotopic (exact) mass is 261 g/mol. The fraction of sp³-hybridized carbons (Fsp3) is 0.500. The van der Waals surface area contributed by atoms with Gasteiger partial charge in [0.25, 0.3) is 0 Å². The van der Waals surface area contributed by atoms with Crippen molar-refractivity contribution in [3.05, 3.63) is 24.2 Å². The van der Waals surface area contributed by atoms with Gasteiger partial charge in [-0.1, -0.05) is 18.1 Å². The first kappa shape index (κ1) is 11.9. The Kier molecular flexibility index (Phi) is 3.02. The van der Waals surface area contributed by atoms with Gasteiger partial charge in [0.05, 0.1) is 19.3 Å². The minimum Gasteiger partial charge on any atom is -0.464 e. The van der Waals surface area contributed by atoms with Gasteiger partial charge in [-0.05, 0) is 12.8 Å². The van der Waals surface area contributed by atoms with Gasteiger partial charge in [-0.3, -0.25) is 4.68 Å². The van der Waals surface area contributed by atoms with Crippen LogP contribution in [0.15, 0.2) is 18.5 Å². The van der Waals surface area contributed by atoms with E-state index in [1.165, 1.54) is 43.7 Å². The van der Waals surface area contributed by atoms with E-state index in [-0.39, 0.29) is 5.69 Å². The van der Waals surface area contributed by atoms with Crippen LogP contribution in [0.1, 0.15) is 42.2 Å². The third-order valence-corrected chi connectivity index (χ3v) is 3.42. The maximum Gasteiger partial charge on any atom is 0.360 e. The van der Waals surface area contributed by atoms with E-state index in [0.717, 1.165) is 0 Å². The van der Waals surface area contributed by atoms with Crippen LogP contribution in [0.3, 0.4) is 0 Å². The lowest BCUT2D eigenvalue weighted by atomic mass is 10.3. The molecular formula is C12H15N5O2. The number of hydrogen-bond acceptors (Lipinski definition) is 5. The Morgan fingerprint density at radius 1 is 1.42 bits per heavy atom. The Balaban J connectivity index is 1.82. The molecule has 0 N–H and O–H groups in total. The van der Waals surface area contributed by atoms with E-state index in [2.05, 4.69) is 20.1 Å². The molecule has 0 aromatic carbocycles. The van der Waals surface area contributed by atoms with Gasteiger partial charge >= 0.3 is 5.97 Å². The van der Waals surface area contributed by atoms with Crippen LogP contribution in [0, 0.1) is 0 Å². The Hall–Kier alpha value is -2.18. The van der Waals surface area contributed by atoms with Crippen molar-refractivity contribution in [1.29, 1.82) is 0 Å². The fourth-order valence-corrected chi connectivity index (χ4v) is 2.40. The molecule has 3 rings (SSSR count). The maximum absolute atomic E-state index is 11.3. The van der Waals surface area contributed by atoms with Gasteiger partial charge in [0.15, 0.2) is 11.5 Å². The molecule has 1 aliphatic rings. The Labute approximate surface area is 110 Å². The first-order valence-corrected chi connectivity index (χ1v) is 6.34. The number of aromatic nitrogens is 5. The van der Waals surface area contributed by atoms with Gasteiger partial charge in [0, 0.05) is 12.3 Å². The van der Waals surface area contributed by atoms with Crippen molar-refractivity contribution >= 4 is 5.97 Å². The number of rotatable bonds is 3. The molecule has 2 aromatic heterocycles. The largest absolute Gasteiger partial charge is 0.464 e.